The quantitative estimate of drug-likeness (QED) is 0.426. The van der Waals surface area contributed by atoms with Crippen LogP contribution in [0.1, 0.15) is 17.5 Å². The number of β-amino-alcohol motifs (C(OH)–C–C–N with tert-alkyl or cyclic N) is 1. The Bertz CT molecular complexity index is 1280. The molecule has 1 fully saturated rings. The van der Waals surface area contributed by atoms with Gasteiger partial charge in [0.2, 0.25) is 0 Å². The minimum atomic E-state index is -0.462. The second-order valence-electron chi connectivity index (χ2n) is 8.07. The summed E-state index contributed by atoms with van der Waals surface area (Å²) in [5.41, 5.74) is 3.81. The van der Waals surface area contributed by atoms with E-state index < -0.39 is 6.10 Å². The molecule has 8 nitrogen and oxygen atoms in total. The topological polar surface area (TPSA) is 107 Å². The molecule has 5 heterocycles. The molecule has 1 aliphatic heterocycles. The summed E-state index contributed by atoms with van der Waals surface area (Å²) < 4.78 is 0.991. The van der Waals surface area contributed by atoms with E-state index in [4.69, 9.17) is 9.97 Å². The van der Waals surface area contributed by atoms with Crippen LogP contribution < -0.4 is 10.2 Å². The fourth-order valence-corrected chi connectivity index (χ4v) is 5.03. The van der Waals surface area contributed by atoms with Gasteiger partial charge in [-0.3, -0.25) is 4.98 Å². The summed E-state index contributed by atoms with van der Waals surface area (Å²) in [6.07, 6.45) is 3.66. The van der Waals surface area contributed by atoms with Crippen molar-refractivity contribution in [3.63, 3.8) is 0 Å². The SMILES string of the molecule is Cc1cccnc1-c1nc2cc(Nc3ccc(C)c(N4C[C@H](O)C[C@H]4CO)n3)ncc2s1. The zero-order valence-corrected chi connectivity index (χ0v) is 18.7. The molecule has 4 aromatic rings. The molecule has 0 aliphatic carbocycles. The number of hydrogen-bond donors (Lipinski definition) is 3. The lowest BCUT2D eigenvalue weighted by Crippen LogP contribution is -2.33. The summed E-state index contributed by atoms with van der Waals surface area (Å²) in [4.78, 5) is 20.5. The Morgan fingerprint density at radius 3 is 2.81 bits per heavy atom. The molecule has 0 unspecified atom stereocenters. The number of fused-ring (bicyclic) bond motifs is 1. The Kier molecular flexibility index (Phi) is 5.46. The number of thiazole rings is 1. The first kappa shape index (κ1) is 20.7. The molecule has 9 heteroatoms. The van der Waals surface area contributed by atoms with Crippen LogP contribution in [0.25, 0.3) is 20.9 Å². The van der Waals surface area contributed by atoms with Crippen LogP contribution in [0.15, 0.2) is 42.7 Å². The molecule has 1 saturated heterocycles. The van der Waals surface area contributed by atoms with Gasteiger partial charge >= 0.3 is 0 Å². The average Bonchev–Trinajstić information content (AvgIpc) is 3.38. The zero-order chi connectivity index (χ0) is 22.2. The summed E-state index contributed by atoms with van der Waals surface area (Å²) in [6.45, 7) is 4.45. The van der Waals surface area contributed by atoms with Crippen LogP contribution in [-0.4, -0.2) is 55.4 Å². The Labute approximate surface area is 189 Å². The van der Waals surface area contributed by atoms with Crippen molar-refractivity contribution in [3.05, 3.63) is 53.9 Å². The summed E-state index contributed by atoms with van der Waals surface area (Å²) in [6, 6.07) is 9.60. The van der Waals surface area contributed by atoms with Crippen molar-refractivity contribution in [2.24, 2.45) is 0 Å². The maximum Gasteiger partial charge on any atom is 0.143 e. The highest BCUT2D eigenvalue weighted by Gasteiger charge is 2.32. The molecular weight excluding hydrogens is 424 g/mol. The van der Waals surface area contributed by atoms with Gasteiger partial charge in [-0.15, -0.1) is 11.3 Å². The third-order valence-corrected chi connectivity index (χ3v) is 6.70. The second-order valence-corrected chi connectivity index (χ2v) is 9.10. The number of aromatic nitrogens is 4. The van der Waals surface area contributed by atoms with Gasteiger partial charge in [0.15, 0.2) is 0 Å². The lowest BCUT2D eigenvalue weighted by Gasteiger charge is -2.25. The predicted octanol–water partition coefficient (Wildman–Crippen LogP) is 3.44. The van der Waals surface area contributed by atoms with E-state index in [1.54, 1.807) is 17.5 Å². The van der Waals surface area contributed by atoms with Gasteiger partial charge in [0.05, 0.1) is 29.0 Å². The molecule has 4 aromatic heterocycles. The highest BCUT2D eigenvalue weighted by Crippen LogP contribution is 2.32. The van der Waals surface area contributed by atoms with Crippen molar-refractivity contribution in [2.45, 2.75) is 32.4 Å². The zero-order valence-electron chi connectivity index (χ0n) is 17.9. The molecule has 5 rings (SSSR count). The normalized spacial score (nSPS) is 18.4. The number of rotatable bonds is 5. The molecule has 2 atom stereocenters. The second kappa shape index (κ2) is 8.42. The molecule has 0 radical (unpaired) electrons. The van der Waals surface area contributed by atoms with Gasteiger partial charge in [-0.25, -0.2) is 15.0 Å². The van der Waals surface area contributed by atoms with E-state index in [1.807, 2.05) is 55.3 Å². The van der Waals surface area contributed by atoms with Crippen LogP contribution in [0, 0.1) is 13.8 Å². The molecule has 0 saturated carbocycles. The molecule has 164 valence electrons. The number of nitrogens with one attached hydrogen (secondary N) is 1. The highest BCUT2D eigenvalue weighted by atomic mass is 32.1. The number of pyridine rings is 3. The maximum absolute atomic E-state index is 10.0. The van der Waals surface area contributed by atoms with E-state index in [-0.39, 0.29) is 12.6 Å². The van der Waals surface area contributed by atoms with Gasteiger partial charge in [-0.1, -0.05) is 12.1 Å². The standard InChI is InChI=1S/C23H24N6O2S/c1-13-4-3-7-24-21(13)23-26-17-9-20(25-10-18(17)32-23)27-19-6-5-14(2)22(28-19)29-11-16(31)8-15(29)12-30/h3-7,9-10,15-16,30-31H,8,11-12H2,1-2H3,(H,25,27,28)/t15-,16+/m0/s1. The van der Waals surface area contributed by atoms with Crippen LogP contribution in [0.5, 0.6) is 0 Å². The van der Waals surface area contributed by atoms with Gasteiger partial charge < -0.3 is 20.4 Å². The number of nitrogens with zero attached hydrogens (tertiary/aromatic N) is 5. The summed E-state index contributed by atoms with van der Waals surface area (Å²) in [7, 11) is 0. The first-order valence-corrected chi connectivity index (χ1v) is 11.3. The molecule has 0 aromatic carbocycles. The van der Waals surface area contributed by atoms with Gasteiger partial charge in [-0.05, 0) is 43.5 Å². The van der Waals surface area contributed by atoms with Gasteiger partial charge in [0, 0.05) is 25.0 Å². The summed E-state index contributed by atoms with van der Waals surface area (Å²) in [5.74, 6) is 2.05. The van der Waals surface area contributed by atoms with Crippen molar-refractivity contribution in [1.82, 2.24) is 19.9 Å². The fourth-order valence-electron chi connectivity index (χ4n) is 4.05. The van der Waals surface area contributed by atoms with Crippen molar-refractivity contribution in [1.29, 1.82) is 0 Å². The minimum absolute atomic E-state index is 0.0179. The lowest BCUT2D eigenvalue weighted by molar-refractivity contribution is 0.184. The maximum atomic E-state index is 10.0. The first-order chi connectivity index (χ1) is 15.5. The average molecular weight is 449 g/mol. The van der Waals surface area contributed by atoms with Crippen LogP contribution >= 0.6 is 11.3 Å². The van der Waals surface area contributed by atoms with E-state index in [2.05, 4.69) is 15.3 Å². The van der Waals surface area contributed by atoms with Crippen molar-refractivity contribution in [3.8, 4) is 10.7 Å². The number of aliphatic hydroxyl groups is 2. The highest BCUT2D eigenvalue weighted by molar-refractivity contribution is 7.21. The van der Waals surface area contributed by atoms with Crippen LogP contribution in [0.2, 0.25) is 0 Å². The van der Waals surface area contributed by atoms with Crippen molar-refractivity contribution in [2.75, 3.05) is 23.4 Å². The van der Waals surface area contributed by atoms with E-state index in [0.717, 1.165) is 37.9 Å². The summed E-state index contributed by atoms with van der Waals surface area (Å²) >= 11 is 1.57. The molecule has 32 heavy (non-hydrogen) atoms. The Morgan fingerprint density at radius 1 is 1.12 bits per heavy atom. The predicted molar refractivity (Wildman–Crippen MR) is 126 cm³/mol. The Morgan fingerprint density at radius 2 is 2.00 bits per heavy atom. The smallest absolute Gasteiger partial charge is 0.143 e. The Balaban J connectivity index is 1.43. The van der Waals surface area contributed by atoms with Crippen molar-refractivity contribution >= 4 is 39.0 Å². The van der Waals surface area contributed by atoms with Gasteiger partial charge in [-0.2, -0.15) is 0 Å². The number of aliphatic hydroxyl groups excluding tert-OH is 2. The Hall–Kier alpha value is -3.14. The van der Waals surface area contributed by atoms with E-state index in [9.17, 15) is 10.2 Å². The number of hydrogen-bond acceptors (Lipinski definition) is 9. The molecule has 0 amide bonds. The molecule has 3 N–H and O–H groups in total. The lowest BCUT2D eigenvalue weighted by atomic mass is 10.2. The van der Waals surface area contributed by atoms with Crippen molar-refractivity contribution < 1.29 is 10.2 Å². The molecule has 0 spiro atoms. The molecule has 0 bridgehead atoms. The first-order valence-electron chi connectivity index (χ1n) is 10.5. The number of aryl methyl sites for hydroxylation is 2. The fraction of sp³-hybridized carbons (Fsp3) is 0.304. The third kappa shape index (κ3) is 3.90. The monoisotopic (exact) mass is 448 g/mol. The van der Waals surface area contributed by atoms with E-state index in [1.165, 1.54) is 0 Å². The largest absolute Gasteiger partial charge is 0.394 e. The van der Waals surface area contributed by atoms with Crippen LogP contribution in [-0.2, 0) is 0 Å². The van der Waals surface area contributed by atoms with Crippen LogP contribution in [0.3, 0.4) is 0 Å². The van der Waals surface area contributed by atoms with Gasteiger partial charge in [0.1, 0.15) is 28.2 Å². The molecule has 1 aliphatic rings. The van der Waals surface area contributed by atoms with Gasteiger partial charge in [0.25, 0.3) is 0 Å². The minimum Gasteiger partial charge on any atom is -0.394 e. The molecular formula is C23H24N6O2S. The third-order valence-electron chi connectivity index (χ3n) is 5.69. The summed E-state index contributed by atoms with van der Waals surface area (Å²) in [5, 5.41) is 23.9. The van der Waals surface area contributed by atoms with Crippen LogP contribution in [0.4, 0.5) is 17.5 Å². The van der Waals surface area contributed by atoms with E-state index >= 15 is 0 Å². The number of anilines is 3. The van der Waals surface area contributed by atoms with E-state index in [0.29, 0.717) is 24.6 Å².